The molecule has 50 heavy (non-hydrogen) atoms. The molecule has 7 aromatic carbocycles. The molecule has 0 radical (unpaired) electrons. The smallest absolute Gasteiger partial charge is 0.0358 e. The molecule has 0 N–H and O–H groups in total. The predicted octanol–water partition coefficient (Wildman–Crippen LogP) is 12.6. The topological polar surface area (TPSA) is 0 Å². The molecular weight excluding hydrogens is 621 g/mol. The molecule has 1 spiro atoms. The summed E-state index contributed by atoms with van der Waals surface area (Å²) < 4.78 is 2.73. The second-order valence-corrected chi connectivity index (χ2v) is 15.4. The van der Waals surface area contributed by atoms with E-state index in [0.717, 1.165) is 25.7 Å². The molecule has 0 fully saturated rings. The zero-order chi connectivity index (χ0) is 33.1. The van der Waals surface area contributed by atoms with Gasteiger partial charge in [-0.25, -0.2) is 0 Å². The third kappa shape index (κ3) is 4.64. The van der Waals surface area contributed by atoms with Crippen LogP contribution in [0.15, 0.2) is 170 Å². The molecule has 1 heteroatoms. The number of benzene rings is 7. The van der Waals surface area contributed by atoms with Crippen LogP contribution < -0.4 is 0 Å². The molecule has 1 heterocycles. The summed E-state index contributed by atoms with van der Waals surface area (Å²) >= 11 is 1.92. The summed E-state index contributed by atoms with van der Waals surface area (Å²) in [7, 11) is 0. The van der Waals surface area contributed by atoms with Crippen LogP contribution in [0.5, 0.6) is 0 Å². The standard InChI is InChI=1S/C49H38S/c1-4-14-33(15-5-1)45(34-16-6-2-7-17-34)41-23-12-20-36-28-30-49(47(36)41)31-29-37-21-13-24-42(48(37)49)46(35-18-8-3-9-19-35)38-26-27-40-39-22-10-11-25-43(39)50-44(40)32-38/h1-27,32,45-46H,28-31H2/t46?,49-/m1/s1. The normalized spacial score (nSPS) is 17.1. The number of fused-ring (bicyclic) bond motifs is 7. The number of aryl methyl sites for hydroxylation is 2. The molecule has 0 saturated carbocycles. The minimum atomic E-state index is -0.0194. The molecule has 2 aliphatic carbocycles. The first-order valence-corrected chi connectivity index (χ1v) is 18.9. The Balaban J connectivity index is 1.20. The average Bonchev–Trinajstić information content (AvgIpc) is 3.87. The van der Waals surface area contributed by atoms with Gasteiger partial charge in [-0.2, -0.15) is 0 Å². The lowest BCUT2D eigenvalue weighted by molar-refractivity contribution is 0.498. The molecule has 8 aromatic rings. The maximum atomic E-state index is 2.49. The largest absolute Gasteiger partial charge is 0.135 e. The Bertz CT molecular complexity index is 2450. The molecule has 0 saturated heterocycles. The van der Waals surface area contributed by atoms with Crippen LogP contribution in [0.1, 0.15) is 80.3 Å². The molecule has 240 valence electrons. The van der Waals surface area contributed by atoms with Crippen molar-refractivity contribution >= 4 is 31.5 Å². The first-order valence-electron chi connectivity index (χ1n) is 18.1. The Morgan fingerprint density at radius 2 is 0.880 bits per heavy atom. The van der Waals surface area contributed by atoms with Gasteiger partial charge in [-0.15, -0.1) is 11.3 Å². The van der Waals surface area contributed by atoms with Crippen molar-refractivity contribution in [2.75, 3.05) is 0 Å². The molecule has 0 bridgehead atoms. The van der Waals surface area contributed by atoms with E-state index in [9.17, 15) is 0 Å². The fraction of sp³-hybridized carbons (Fsp3) is 0.143. The monoisotopic (exact) mass is 658 g/mol. The summed E-state index contributed by atoms with van der Waals surface area (Å²) in [4.78, 5) is 0. The van der Waals surface area contributed by atoms with Gasteiger partial charge in [0.05, 0.1) is 0 Å². The Labute approximate surface area is 298 Å². The van der Waals surface area contributed by atoms with Crippen LogP contribution in [0.2, 0.25) is 0 Å². The van der Waals surface area contributed by atoms with Gasteiger partial charge >= 0.3 is 0 Å². The summed E-state index contributed by atoms with van der Waals surface area (Å²) in [5.41, 5.74) is 14.6. The van der Waals surface area contributed by atoms with E-state index in [0.29, 0.717) is 0 Å². The summed E-state index contributed by atoms with van der Waals surface area (Å²) in [6.07, 6.45) is 4.57. The highest BCUT2D eigenvalue weighted by Gasteiger charge is 2.48. The van der Waals surface area contributed by atoms with Crippen molar-refractivity contribution < 1.29 is 0 Å². The Morgan fingerprint density at radius 1 is 0.400 bits per heavy atom. The third-order valence-electron chi connectivity index (χ3n) is 11.7. The summed E-state index contributed by atoms with van der Waals surface area (Å²) in [6.45, 7) is 0. The molecule has 0 aliphatic heterocycles. The van der Waals surface area contributed by atoms with E-state index < -0.39 is 0 Å². The van der Waals surface area contributed by atoms with Gasteiger partial charge in [0.1, 0.15) is 0 Å². The fourth-order valence-electron chi connectivity index (χ4n) is 9.71. The van der Waals surface area contributed by atoms with E-state index >= 15 is 0 Å². The second kappa shape index (κ2) is 12.0. The zero-order valence-corrected chi connectivity index (χ0v) is 28.9. The van der Waals surface area contributed by atoms with Crippen LogP contribution in [0, 0.1) is 0 Å². The van der Waals surface area contributed by atoms with E-state index in [1.807, 2.05) is 11.3 Å². The van der Waals surface area contributed by atoms with Gasteiger partial charge in [0.2, 0.25) is 0 Å². The van der Waals surface area contributed by atoms with Crippen LogP contribution in [-0.2, 0) is 18.3 Å². The van der Waals surface area contributed by atoms with E-state index in [1.165, 1.54) is 64.7 Å². The van der Waals surface area contributed by atoms with Crippen LogP contribution in [0.4, 0.5) is 0 Å². The number of hydrogen-bond donors (Lipinski definition) is 0. The average molecular weight is 659 g/mol. The van der Waals surface area contributed by atoms with Crippen LogP contribution in [-0.4, -0.2) is 0 Å². The molecule has 1 aromatic heterocycles. The molecule has 0 amide bonds. The minimum Gasteiger partial charge on any atom is -0.135 e. The fourth-order valence-corrected chi connectivity index (χ4v) is 10.9. The van der Waals surface area contributed by atoms with Gasteiger partial charge < -0.3 is 0 Å². The van der Waals surface area contributed by atoms with Gasteiger partial charge in [-0.05, 0) is 93.5 Å². The van der Waals surface area contributed by atoms with Crippen molar-refractivity contribution in [3.8, 4) is 0 Å². The molecule has 2 aliphatic rings. The highest BCUT2D eigenvalue weighted by Crippen LogP contribution is 2.58. The van der Waals surface area contributed by atoms with Gasteiger partial charge in [-0.3, -0.25) is 0 Å². The van der Waals surface area contributed by atoms with Crippen molar-refractivity contribution in [1.82, 2.24) is 0 Å². The number of thiophene rings is 1. The molecular formula is C49H38S. The molecule has 10 rings (SSSR count). The predicted molar refractivity (Wildman–Crippen MR) is 211 cm³/mol. The van der Waals surface area contributed by atoms with Gasteiger partial charge in [0.15, 0.2) is 0 Å². The van der Waals surface area contributed by atoms with Gasteiger partial charge in [-0.1, -0.05) is 158 Å². The summed E-state index contributed by atoms with van der Waals surface area (Å²) in [5.74, 6) is 0.324. The Hall–Kier alpha value is -5.24. The minimum absolute atomic E-state index is 0.0194. The molecule has 2 atom stereocenters. The first kappa shape index (κ1) is 29.7. The highest BCUT2D eigenvalue weighted by molar-refractivity contribution is 7.25. The number of rotatable bonds is 6. The van der Waals surface area contributed by atoms with Crippen molar-refractivity contribution in [1.29, 1.82) is 0 Å². The summed E-state index contributed by atoms with van der Waals surface area (Å²) in [5, 5.41) is 2.72. The van der Waals surface area contributed by atoms with Crippen molar-refractivity contribution in [3.05, 3.63) is 225 Å². The first-order chi connectivity index (χ1) is 24.8. The van der Waals surface area contributed by atoms with Crippen LogP contribution in [0.25, 0.3) is 20.2 Å². The van der Waals surface area contributed by atoms with E-state index in [-0.39, 0.29) is 17.3 Å². The SMILES string of the molecule is c1ccc(C(c2ccccc2)c2cccc3c2[C@@]2(CC3)CCc3cccc(C(c4ccccc4)c4ccc5c(c4)sc4ccccc45)c32)cc1. The lowest BCUT2D eigenvalue weighted by Gasteiger charge is -2.35. The van der Waals surface area contributed by atoms with E-state index in [2.05, 4.69) is 170 Å². The lowest BCUT2D eigenvalue weighted by Crippen LogP contribution is -2.26. The van der Waals surface area contributed by atoms with Crippen molar-refractivity contribution in [2.45, 2.75) is 42.9 Å². The van der Waals surface area contributed by atoms with Crippen molar-refractivity contribution in [3.63, 3.8) is 0 Å². The quantitative estimate of drug-likeness (QED) is 0.156. The van der Waals surface area contributed by atoms with Gasteiger partial charge in [0, 0.05) is 37.4 Å². The second-order valence-electron chi connectivity index (χ2n) is 14.3. The van der Waals surface area contributed by atoms with Gasteiger partial charge in [0.25, 0.3) is 0 Å². The third-order valence-corrected chi connectivity index (χ3v) is 12.9. The van der Waals surface area contributed by atoms with E-state index in [4.69, 9.17) is 0 Å². The molecule has 1 unspecified atom stereocenters. The summed E-state index contributed by atoms with van der Waals surface area (Å²) in [6, 6.07) is 64.2. The zero-order valence-electron chi connectivity index (χ0n) is 28.1. The van der Waals surface area contributed by atoms with E-state index in [1.54, 1.807) is 11.1 Å². The maximum Gasteiger partial charge on any atom is 0.0358 e. The molecule has 0 nitrogen and oxygen atoms in total. The highest BCUT2D eigenvalue weighted by atomic mass is 32.1. The van der Waals surface area contributed by atoms with Crippen LogP contribution >= 0.6 is 11.3 Å². The Kier molecular flexibility index (Phi) is 7.10. The van der Waals surface area contributed by atoms with Crippen LogP contribution in [0.3, 0.4) is 0 Å². The number of hydrogen-bond acceptors (Lipinski definition) is 1. The maximum absolute atomic E-state index is 2.49. The van der Waals surface area contributed by atoms with Crippen molar-refractivity contribution in [2.24, 2.45) is 0 Å². The Morgan fingerprint density at radius 3 is 1.44 bits per heavy atom. The lowest BCUT2D eigenvalue weighted by atomic mass is 9.68.